The van der Waals surface area contributed by atoms with Crippen LogP contribution in [0.2, 0.25) is 0 Å². The molecule has 3 heterocycles. The number of H-pyrrole nitrogens is 1. The highest BCUT2D eigenvalue weighted by Gasteiger charge is 2.09. The molecule has 1 N–H and O–H groups in total. The van der Waals surface area contributed by atoms with E-state index < -0.39 is 0 Å². The zero-order valence-electron chi connectivity index (χ0n) is 11.1. The van der Waals surface area contributed by atoms with E-state index in [2.05, 4.69) is 28.1 Å². The molecule has 0 aliphatic carbocycles. The maximum absolute atomic E-state index is 4.92. The molecule has 0 atom stereocenters. The minimum Gasteiger partial charge on any atom is -0.364 e. The van der Waals surface area contributed by atoms with E-state index in [0.29, 0.717) is 0 Å². The first kappa shape index (κ1) is 12.4. The van der Waals surface area contributed by atoms with E-state index in [9.17, 15) is 0 Å². The Morgan fingerprint density at radius 2 is 1.94 bits per heavy atom. The van der Waals surface area contributed by atoms with Crippen molar-refractivity contribution in [3.8, 4) is 11.3 Å². The molecular weight excluding hydrogens is 226 g/mol. The van der Waals surface area contributed by atoms with Crippen LogP contribution in [0, 0.1) is 13.8 Å². The highest BCUT2D eigenvalue weighted by Crippen LogP contribution is 2.24. The summed E-state index contributed by atoms with van der Waals surface area (Å²) in [6.07, 6.45) is 3.58. The van der Waals surface area contributed by atoms with Crippen molar-refractivity contribution in [2.45, 2.75) is 27.7 Å². The van der Waals surface area contributed by atoms with Crippen LogP contribution in [0.25, 0.3) is 22.3 Å². The van der Waals surface area contributed by atoms with E-state index in [-0.39, 0.29) is 0 Å². The average molecular weight is 243 g/mol. The third-order valence-electron chi connectivity index (χ3n) is 2.77. The van der Waals surface area contributed by atoms with Crippen LogP contribution in [0.15, 0.2) is 29.1 Å². The number of nitrogens with zero attached hydrogens (tertiary/aromatic N) is 2. The van der Waals surface area contributed by atoms with Gasteiger partial charge in [0, 0.05) is 11.6 Å². The number of nitrogens with one attached hydrogen (secondary N) is 1. The van der Waals surface area contributed by atoms with Crippen molar-refractivity contribution < 1.29 is 4.52 Å². The van der Waals surface area contributed by atoms with Crippen LogP contribution in [0.1, 0.15) is 25.1 Å². The predicted molar refractivity (Wildman–Crippen MR) is 72.4 cm³/mol. The molecule has 0 aliphatic rings. The van der Waals surface area contributed by atoms with Crippen LogP contribution in [-0.4, -0.2) is 15.1 Å². The normalized spacial score (nSPS) is 10.2. The number of hydrogen-bond acceptors (Lipinski definition) is 3. The van der Waals surface area contributed by atoms with E-state index in [1.54, 1.807) is 6.26 Å². The molecule has 0 spiro atoms. The minimum atomic E-state index is 0.857. The standard InChI is InChI=1S/C12H11N3O.C2H6/c1-7-5-13-12-9(7)3-4-11(14-12)10-6-16-15-8(10)2;1-2/h3-6H,1-2H3,(H,13,14);1-2H3. The number of aromatic nitrogens is 3. The van der Waals surface area contributed by atoms with Gasteiger partial charge in [0.15, 0.2) is 0 Å². The van der Waals surface area contributed by atoms with Gasteiger partial charge in [-0.3, -0.25) is 0 Å². The fourth-order valence-corrected chi connectivity index (χ4v) is 1.83. The first-order chi connectivity index (χ1) is 8.75. The average Bonchev–Trinajstić information content (AvgIpc) is 2.98. The lowest BCUT2D eigenvalue weighted by Crippen LogP contribution is -1.85. The van der Waals surface area contributed by atoms with Crippen LogP contribution >= 0.6 is 0 Å². The summed E-state index contributed by atoms with van der Waals surface area (Å²) in [6.45, 7) is 7.97. The molecule has 3 aromatic rings. The van der Waals surface area contributed by atoms with Crippen molar-refractivity contribution in [1.82, 2.24) is 15.1 Å². The third-order valence-corrected chi connectivity index (χ3v) is 2.77. The highest BCUT2D eigenvalue weighted by atomic mass is 16.5. The maximum Gasteiger partial charge on any atom is 0.138 e. The van der Waals surface area contributed by atoms with Crippen molar-refractivity contribution >= 4 is 11.0 Å². The van der Waals surface area contributed by atoms with Gasteiger partial charge < -0.3 is 9.51 Å². The monoisotopic (exact) mass is 243 g/mol. The zero-order valence-corrected chi connectivity index (χ0v) is 11.1. The fraction of sp³-hybridized carbons (Fsp3) is 0.286. The number of pyridine rings is 1. The van der Waals surface area contributed by atoms with Gasteiger partial charge in [0.2, 0.25) is 0 Å². The molecule has 3 aromatic heterocycles. The smallest absolute Gasteiger partial charge is 0.138 e. The molecule has 3 rings (SSSR count). The lowest BCUT2D eigenvalue weighted by atomic mass is 10.1. The molecule has 0 aliphatic heterocycles. The summed E-state index contributed by atoms with van der Waals surface area (Å²) in [5, 5.41) is 5.00. The van der Waals surface area contributed by atoms with Crippen molar-refractivity contribution in [2.24, 2.45) is 0 Å². The number of rotatable bonds is 1. The van der Waals surface area contributed by atoms with Gasteiger partial charge in [-0.15, -0.1) is 0 Å². The maximum atomic E-state index is 4.92. The molecule has 0 bridgehead atoms. The molecule has 0 fully saturated rings. The van der Waals surface area contributed by atoms with Gasteiger partial charge in [0.05, 0.1) is 17.0 Å². The molecule has 0 saturated carbocycles. The Bertz CT molecular complexity index is 652. The van der Waals surface area contributed by atoms with E-state index in [1.807, 2.05) is 33.0 Å². The molecule has 4 heteroatoms. The number of aryl methyl sites for hydroxylation is 2. The van der Waals surface area contributed by atoms with Gasteiger partial charge in [-0.05, 0) is 31.5 Å². The van der Waals surface area contributed by atoms with Gasteiger partial charge in [-0.2, -0.15) is 0 Å². The van der Waals surface area contributed by atoms with Crippen LogP contribution < -0.4 is 0 Å². The summed E-state index contributed by atoms with van der Waals surface area (Å²) in [6, 6.07) is 4.05. The van der Waals surface area contributed by atoms with Crippen LogP contribution in [0.3, 0.4) is 0 Å². The number of fused-ring (bicyclic) bond motifs is 1. The molecule has 94 valence electrons. The Labute approximate surface area is 106 Å². The van der Waals surface area contributed by atoms with E-state index >= 15 is 0 Å². The lowest BCUT2D eigenvalue weighted by molar-refractivity contribution is 0.415. The third kappa shape index (κ3) is 2.01. The summed E-state index contributed by atoms with van der Waals surface area (Å²) >= 11 is 0. The van der Waals surface area contributed by atoms with Crippen LogP contribution in [-0.2, 0) is 0 Å². The van der Waals surface area contributed by atoms with Crippen LogP contribution in [0.4, 0.5) is 0 Å². The van der Waals surface area contributed by atoms with Crippen molar-refractivity contribution in [3.05, 3.63) is 35.9 Å². The first-order valence-corrected chi connectivity index (χ1v) is 6.12. The molecule has 0 unspecified atom stereocenters. The summed E-state index contributed by atoms with van der Waals surface area (Å²) in [5.41, 5.74) is 4.78. The molecule has 0 amide bonds. The molecule has 0 aromatic carbocycles. The summed E-state index contributed by atoms with van der Waals surface area (Å²) in [7, 11) is 0. The topological polar surface area (TPSA) is 54.7 Å². The largest absolute Gasteiger partial charge is 0.364 e. The fourth-order valence-electron chi connectivity index (χ4n) is 1.83. The summed E-state index contributed by atoms with van der Waals surface area (Å²) in [4.78, 5) is 7.69. The number of aromatic amines is 1. The first-order valence-electron chi connectivity index (χ1n) is 6.12. The van der Waals surface area contributed by atoms with E-state index in [4.69, 9.17) is 4.52 Å². The Morgan fingerprint density at radius 3 is 2.61 bits per heavy atom. The van der Waals surface area contributed by atoms with Gasteiger partial charge in [0.25, 0.3) is 0 Å². The molecule has 0 radical (unpaired) electrons. The van der Waals surface area contributed by atoms with Crippen molar-refractivity contribution in [1.29, 1.82) is 0 Å². The Hall–Kier alpha value is -2.10. The van der Waals surface area contributed by atoms with Crippen LogP contribution in [0.5, 0.6) is 0 Å². The molecule has 4 nitrogen and oxygen atoms in total. The minimum absolute atomic E-state index is 0.857. The second kappa shape index (κ2) is 5.04. The number of hydrogen-bond donors (Lipinski definition) is 1. The predicted octanol–water partition coefficient (Wildman–Crippen LogP) is 3.86. The summed E-state index contributed by atoms with van der Waals surface area (Å²) < 4.78 is 4.92. The second-order valence-corrected chi connectivity index (χ2v) is 3.88. The Balaban J connectivity index is 0.000000574. The van der Waals surface area contributed by atoms with Gasteiger partial charge in [0.1, 0.15) is 11.9 Å². The zero-order chi connectivity index (χ0) is 13.1. The van der Waals surface area contributed by atoms with Gasteiger partial charge >= 0.3 is 0 Å². The van der Waals surface area contributed by atoms with E-state index in [0.717, 1.165) is 28.0 Å². The van der Waals surface area contributed by atoms with Crippen molar-refractivity contribution in [3.63, 3.8) is 0 Å². The Morgan fingerprint density at radius 1 is 1.17 bits per heavy atom. The van der Waals surface area contributed by atoms with Gasteiger partial charge in [-0.1, -0.05) is 19.0 Å². The van der Waals surface area contributed by atoms with E-state index in [1.165, 1.54) is 5.56 Å². The second-order valence-electron chi connectivity index (χ2n) is 3.88. The quantitative estimate of drug-likeness (QED) is 0.706. The van der Waals surface area contributed by atoms with Gasteiger partial charge in [-0.25, -0.2) is 4.98 Å². The Kier molecular flexibility index (Phi) is 3.46. The summed E-state index contributed by atoms with van der Waals surface area (Å²) in [5.74, 6) is 0. The molecular formula is C14H17N3O. The SMILES string of the molecule is CC.Cc1nocc1-c1ccc2c(C)c[nH]c2n1. The highest BCUT2D eigenvalue weighted by molar-refractivity contribution is 5.82. The lowest BCUT2D eigenvalue weighted by Gasteiger charge is -1.97. The molecule has 0 saturated heterocycles. The van der Waals surface area contributed by atoms with Crippen molar-refractivity contribution in [2.75, 3.05) is 0 Å². The molecule has 18 heavy (non-hydrogen) atoms.